The Kier molecular flexibility index (Phi) is 12.3. The first-order valence-corrected chi connectivity index (χ1v) is 27.3. The summed E-state index contributed by atoms with van der Waals surface area (Å²) in [6.45, 7) is 16.6. The highest BCUT2D eigenvalue weighted by atomic mass is 15.2. The van der Waals surface area contributed by atoms with Crippen molar-refractivity contribution in [1.82, 2.24) is 0 Å². The number of rotatable bonds is 11. The summed E-state index contributed by atoms with van der Waals surface area (Å²) < 4.78 is 0. The van der Waals surface area contributed by atoms with Crippen LogP contribution in [0.4, 0.5) is 11.4 Å². The maximum atomic E-state index is 2.60. The standard InChI is InChI=1S/C75H67N/c1-52-22-17-18-29-64(52)67-50-59(34-33-53(67)2)56-45-48-73(5,49-46-56)76(63-43-44-66-68-31-19-20-47-74(68,6)72(3,4)70(66)51-63)62-41-39-55(40-42-62)54-35-37-58(38-36-54)71-65(57-23-11-8-12-24-57)30-21-32-69(71)75(7,60-25-13-9-14-26-60)61-27-15-10-16-28-61/h8-46,48,50-51H,47,49H2,1-7H3. The van der Waals surface area contributed by atoms with Gasteiger partial charge in [0, 0.05) is 27.6 Å². The van der Waals surface area contributed by atoms with Crippen molar-refractivity contribution in [3.63, 3.8) is 0 Å². The highest BCUT2D eigenvalue weighted by molar-refractivity contribution is 5.90. The van der Waals surface area contributed by atoms with Gasteiger partial charge in [-0.1, -0.05) is 245 Å². The Morgan fingerprint density at radius 3 is 1.70 bits per heavy atom. The summed E-state index contributed by atoms with van der Waals surface area (Å²) in [5.41, 5.74) is 24.6. The lowest BCUT2D eigenvalue weighted by Crippen LogP contribution is -2.42. The zero-order chi connectivity index (χ0) is 52.2. The van der Waals surface area contributed by atoms with Crippen LogP contribution in [0.3, 0.4) is 0 Å². The smallest absolute Gasteiger partial charge is 0.0643 e. The molecule has 9 aromatic rings. The third kappa shape index (κ3) is 8.16. The van der Waals surface area contributed by atoms with Crippen molar-refractivity contribution in [1.29, 1.82) is 0 Å². The first-order valence-electron chi connectivity index (χ1n) is 27.3. The van der Waals surface area contributed by atoms with Crippen molar-refractivity contribution in [2.45, 2.75) is 77.7 Å². The predicted octanol–water partition coefficient (Wildman–Crippen LogP) is 19.9. The van der Waals surface area contributed by atoms with Gasteiger partial charge in [0.15, 0.2) is 0 Å². The van der Waals surface area contributed by atoms with E-state index in [-0.39, 0.29) is 16.4 Å². The van der Waals surface area contributed by atoms with E-state index in [1.54, 1.807) is 0 Å². The lowest BCUT2D eigenvalue weighted by atomic mass is 9.63. The van der Waals surface area contributed by atoms with Crippen molar-refractivity contribution in [2.75, 3.05) is 4.90 Å². The van der Waals surface area contributed by atoms with Crippen LogP contribution in [0.2, 0.25) is 0 Å². The average molecular weight is 982 g/mol. The predicted molar refractivity (Wildman–Crippen MR) is 324 cm³/mol. The topological polar surface area (TPSA) is 3.24 Å². The van der Waals surface area contributed by atoms with E-state index < -0.39 is 5.41 Å². The van der Waals surface area contributed by atoms with Gasteiger partial charge in [-0.25, -0.2) is 0 Å². The number of hydrogen-bond donors (Lipinski definition) is 0. The van der Waals surface area contributed by atoms with Crippen LogP contribution in [0.25, 0.3) is 55.7 Å². The summed E-state index contributed by atoms with van der Waals surface area (Å²) in [5.74, 6) is 0. The van der Waals surface area contributed by atoms with Crippen LogP contribution < -0.4 is 4.90 Å². The van der Waals surface area contributed by atoms with Gasteiger partial charge in [0.1, 0.15) is 0 Å². The normalized spacial score (nSPS) is 18.4. The van der Waals surface area contributed by atoms with Gasteiger partial charge < -0.3 is 4.90 Å². The average Bonchev–Trinajstić information content (AvgIpc) is 3.78. The Hall–Kier alpha value is -8.26. The highest BCUT2D eigenvalue weighted by Crippen LogP contribution is 2.62. The molecular formula is C75H67N. The molecule has 0 aromatic heterocycles. The molecule has 0 fully saturated rings. The molecule has 3 aliphatic rings. The molecule has 0 spiro atoms. The van der Waals surface area contributed by atoms with Gasteiger partial charge in [0.2, 0.25) is 0 Å². The van der Waals surface area contributed by atoms with E-state index in [0.29, 0.717) is 0 Å². The van der Waals surface area contributed by atoms with Gasteiger partial charge in [0.25, 0.3) is 0 Å². The van der Waals surface area contributed by atoms with Crippen LogP contribution in [0.15, 0.2) is 255 Å². The van der Waals surface area contributed by atoms with Crippen LogP contribution >= 0.6 is 0 Å². The van der Waals surface area contributed by atoms with Crippen molar-refractivity contribution in [3.8, 4) is 44.5 Å². The van der Waals surface area contributed by atoms with E-state index in [1.165, 1.54) is 112 Å². The second kappa shape index (κ2) is 19.1. The number of nitrogens with zero attached hydrogens (tertiary/aromatic N) is 1. The van der Waals surface area contributed by atoms with Crippen molar-refractivity contribution in [2.24, 2.45) is 5.41 Å². The number of fused-ring (bicyclic) bond motifs is 3. The van der Waals surface area contributed by atoms with Gasteiger partial charge in [0.05, 0.1) is 5.54 Å². The largest absolute Gasteiger partial charge is 0.332 e. The first-order chi connectivity index (χ1) is 36.9. The lowest BCUT2D eigenvalue weighted by Gasteiger charge is -2.43. The molecule has 372 valence electrons. The van der Waals surface area contributed by atoms with Gasteiger partial charge >= 0.3 is 0 Å². The number of anilines is 2. The molecule has 0 heterocycles. The monoisotopic (exact) mass is 982 g/mol. The summed E-state index contributed by atoms with van der Waals surface area (Å²) in [4.78, 5) is 2.60. The minimum atomic E-state index is -0.421. The first kappa shape index (κ1) is 48.7. The Labute approximate surface area is 452 Å². The molecule has 1 nitrogen and oxygen atoms in total. The van der Waals surface area contributed by atoms with Crippen LogP contribution in [-0.2, 0) is 10.8 Å². The van der Waals surface area contributed by atoms with Gasteiger partial charge in [-0.3, -0.25) is 0 Å². The fourth-order valence-electron chi connectivity index (χ4n) is 13.1. The van der Waals surface area contributed by atoms with E-state index in [4.69, 9.17) is 0 Å². The van der Waals surface area contributed by atoms with Gasteiger partial charge in [-0.15, -0.1) is 0 Å². The zero-order valence-corrected chi connectivity index (χ0v) is 45.1. The fourth-order valence-corrected chi connectivity index (χ4v) is 13.1. The van der Waals surface area contributed by atoms with E-state index in [9.17, 15) is 0 Å². The number of allylic oxidation sites excluding steroid dienone is 6. The molecule has 1 heteroatoms. The van der Waals surface area contributed by atoms with Crippen LogP contribution in [0.5, 0.6) is 0 Å². The van der Waals surface area contributed by atoms with Crippen molar-refractivity contribution in [3.05, 3.63) is 299 Å². The Morgan fingerprint density at radius 1 is 0.461 bits per heavy atom. The van der Waals surface area contributed by atoms with Crippen LogP contribution in [0.1, 0.15) is 92.0 Å². The lowest BCUT2D eigenvalue weighted by molar-refractivity contribution is 0.271. The van der Waals surface area contributed by atoms with E-state index in [1.807, 2.05) is 0 Å². The molecule has 2 unspecified atom stereocenters. The third-order valence-corrected chi connectivity index (χ3v) is 18.0. The van der Waals surface area contributed by atoms with Crippen molar-refractivity contribution < 1.29 is 0 Å². The molecule has 76 heavy (non-hydrogen) atoms. The molecule has 0 bridgehead atoms. The Morgan fingerprint density at radius 2 is 1.04 bits per heavy atom. The fraction of sp³-hybridized carbons (Fsp3) is 0.173. The Balaban J connectivity index is 0.925. The van der Waals surface area contributed by atoms with E-state index in [0.717, 1.165) is 12.8 Å². The van der Waals surface area contributed by atoms with E-state index >= 15 is 0 Å². The molecule has 0 N–H and O–H groups in total. The van der Waals surface area contributed by atoms with Crippen molar-refractivity contribution >= 4 is 22.5 Å². The molecule has 0 saturated carbocycles. The number of hydrogen-bond acceptors (Lipinski definition) is 1. The van der Waals surface area contributed by atoms with Gasteiger partial charge in [-0.2, -0.15) is 0 Å². The molecule has 12 rings (SSSR count). The van der Waals surface area contributed by atoms with Crippen LogP contribution in [-0.4, -0.2) is 5.54 Å². The summed E-state index contributed by atoms with van der Waals surface area (Å²) in [6, 6.07) is 81.4. The van der Waals surface area contributed by atoms with Gasteiger partial charge in [-0.05, 0) is 171 Å². The maximum Gasteiger partial charge on any atom is 0.0643 e. The van der Waals surface area contributed by atoms with E-state index in [2.05, 4.69) is 308 Å². The summed E-state index contributed by atoms with van der Waals surface area (Å²) in [7, 11) is 0. The third-order valence-electron chi connectivity index (χ3n) is 18.0. The second-order valence-corrected chi connectivity index (χ2v) is 22.7. The molecule has 2 atom stereocenters. The summed E-state index contributed by atoms with van der Waals surface area (Å²) >= 11 is 0. The molecule has 3 aliphatic carbocycles. The minimum absolute atomic E-state index is 0.0385. The molecule has 0 radical (unpaired) electrons. The number of aryl methyl sites for hydroxylation is 2. The molecular weight excluding hydrogens is 915 g/mol. The molecule has 0 saturated heterocycles. The quantitative estimate of drug-likeness (QED) is 0.117. The molecule has 9 aromatic carbocycles. The molecule has 0 amide bonds. The SMILES string of the molecule is Cc1ccccc1-c1cc(C2=CCC(C)(N(c3ccc(-c4ccc(-c5c(-c6ccccc6)cccc5C(C)(c5ccccc5)c5ccccc5)cc4)cc3)c3ccc4c(c3)C(C)(C)C3(C)CC=CC=C43)C=C2)ccc1C. The number of benzene rings is 9. The highest BCUT2D eigenvalue weighted by Gasteiger charge is 2.52. The minimum Gasteiger partial charge on any atom is -0.332 e. The summed E-state index contributed by atoms with van der Waals surface area (Å²) in [6.07, 6.45) is 16.1. The van der Waals surface area contributed by atoms with Crippen LogP contribution in [0, 0.1) is 19.3 Å². The maximum absolute atomic E-state index is 2.60. The second-order valence-electron chi connectivity index (χ2n) is 22.7. The summed E-state index contributed by atoms with van der Waals surface area (Å²) in [5, 5.41) is 0. The zero-order valence-electron chi connectivity index (χ0n) is 45.1. The molecule has 0 aliphatic heterocycles. The Bertz CT molecular complexity index is 3720.